The van der Waals surface area contributed by atoms with E-state index in [0.717, 1.165) is 19.2 Å². The van der Waals surface area contributed by atoms with E-state index < -0.39 is 35.5 Å². The zero-order valence-corrected chi connectivity index (χ0v) is 10.3. The Morgan fingerprint density at radius 2 is 1.50 bits per heavy atom. The minimum Gasteiger partial charge on any atom is -0.366 e. The third kappa shape index (κ3) is 1.83. The maximum atomic E-state index is 14.1. The van der Waals surface area contributed by atoms with Crippen LogP contribution in [0.5, 0.6) is 0 Å². The Bertz CT molecular complexity index is 539. The van der Waals surface area contributed by atoms with Gasteiger partial charge in [0.1, 0.15) is 0 Å². The molecular formula is C13H10F6O. The van der Waals surface area contributed by atoms with Gasteiger partial charge in [-0.25, -0.2) is 8.78 Å². The number of rotatable bonds is 2. The Morgan fingerprint density at radius 3 is 2.00 bits per heavy atom. The number of benzene rings is 1. The molecule has 1 aromatic rings. The number of allylic oxidation sites excluding steroid dienone is 1. The van der Waals surface area contributed by atoms with Crippen LogP contribution in [-0.4, -0.2) is 19.0 Å². The van der Waals surface area contributed by atoms with E-state index in [4.69, 9.17) is 0 Å². The van der Waals surface area contributed by atoms with Gasteiger partial charge in [0.2, 0.25) is 11.7 Å². The average molecular weight is 296 g/mol. The Hall–Kier alpha value is -1.50. The minimum absolute atomic E-state index is 0.352. The summed E-state index contributed by atoms with van der Waals surface area (Å²) in [5.41, 5.74) is -3.31. The number of ether oxygens (including phenoxy) is 1. The molecule has 0 saturated heterocycles. The van der Waals surface area contributed by atoms with E-state index in [-0.39, 0.29) is 5.56 Å². The van der Waals surface area contributed by atoms with Gasteiger partial charge >= 0.3 is 11.8 Å². The third-order valence-electron chi connectivity index (χ3n) is 3.36. The van der Waals surface area contributed by atoms with Crippen LogP contribution in [0.2, 0.25) is 0 Å². The van der Waals surface area contributed by atoms with E-state index in [0.29, 0.717) is 0 Å². The fourth-order valence-corrected chi connectivity index (χ4v) is 2.29. The molecule has 0 amide bonds. The van der Waals surface area contributed by atoms with Crippen LogP contribution in [-0.2, 0) is 10.3 Å². The number of hydrogen-bond donors (Lipinski definition) is 0. The van der Waals surface area contributed by atoms with E-state index in [1.54, 1.807) is 0 Å². The molecule has 0 bridgehead atoms. The summed E-state index contributed by atoms with van der Waals surface area (Å²) in [5.74, 6) is -14.4. The van der Waals surface area contributed by atoms with E-state index >= 15 is 0 Å². The van der Waals surface area contributed by atoms with E-state index in [1.807, 2.05) is 0 Å². The first kappa shape index (κ1) is 14.9. The number of hydrogen-bond acceptors (Lipinski definition) is 1. The first-order valence-corrected chi connectivity index (χ1v) is 5.61. The molecule has 0 saturated carbocycles. The summed E-state index contributed by atoms with van der Waals surface area (Å²) in [5, 5.41) is 0. The summed E-state index contributed by atoms with van der Waals surface area (Å²) in [4.78, 5) is 0. The molecule has 7 heteroatoms. The minimum atomic E-state index is -4.53. The van der Waals surface area contributed by atoms with Gasteiger partial charge in [0.15, 0.2) is 5.60 Å². The monoisotopic (exact) mass is 296 g/mol. The van der Waals surface area contributed by atoms with Gasteiger partial charge in [0, 0.05) is 7.11 Å². The first-order chi connectivity index (χ1) is 9.19. The van der Waals surface area contributed by atoms with Crippen molar-refractivity contribution in [1.82, 2.24) is 0 Å². The number of halogens is 6. The molecule has 110 valence electrons. The largest absolute Gasteiger partial charge is 0.366 e. The maximum absolute atomic E-state index is 14.1. The van der Waals surface area contributed by atoms with Crippen LogP contribution in [0.1, 0.15) is 12.0 Å². The van der Waals surface area contributed by atoms with Crippen LogP contribution in [0.25, 0.3) is 0 Å². The van der Waals surface area contributed by atoms with Gasteiger partial charge in [-0.3, -0.25) is 0 Å². The fourth-order valence-electron chi connectivity index (χ4n) is 2.29. The normalized spacial score (nSPS) is 28.6. The van der Waals surface area contributed by atoms with E-state index in [1.165, 1.54) is 18.2 Å². The zero-order valence-electron chi connectivity index (χ0n) is 10.3. The SMILES string of the molecule is COC1(c2ccccc2)CC(F)(F)C(F)=C(F)C1(F)F. The molecule has 0 N–H and O–H groups in total. The molecule has 0 spiro atoms. The summed E-state index contributed by atoms with van der Waals surface area (Å²) in [7, 11) is 0.757. The molecule has 1 aliphatic carbocycles. The van der Waals surface area contributed by atoms with Gasteiger partial charge < -0.3 is 4.74 Å². The van der Waals surface area contributed by atoms with Crippen LogP contribution in [0.3, 0.4) is 0 Å². The van der Waals surface area contributed by atoms with E-state index in [9.17, 15) is 26.3 Å². The highest BCUT2D eigenvalue weighted by molar-refractivity contribution is 5.36. The molecule has 1 atom stereocenters. The van der Waals surface area contributed by atoms with Gasteiger partial charge in [-0.2, -0.15) is 17.6 Å². The molecule has 0 aromatic heterocycles. The van der Waals surface area contributed by atoms with Gasteiger partial charge in [-0.15, -0.1) is 0 Å². The van der Waals surface area contributed by atoms with Crippen molar-refractivity contribution in [1.29, 1.82) is 0 Å². The van der Waals surface area contributed by atoms with E-state index in [2.05, 4.69) is 4.74 Å². The molecule has 0 radical (unpaired) electrons. The van der Waals surface area contributed by atoms with Crippen LogP contribution in [0.4, 0.5) is 26.3 Å². The molecule has 1 aromatic carbocycles. The maximum Gasteiger partial charge on any atom is 0.334 e. The summed E-state index contributed by atoms with van der Waals surface area (Å²) < 4.78 is 86.1. The van der Waals surface area contributed by atoms with Crippen molar-refractivity contribution in [3.63, 3.8) is 0 Å². The lowest BCUT2D eigenvalue weighted by atomic mass is 9.77. The Labute approximate surface area is 110 Å². The number of methoxy groups -OCH3 is 1. The summed E-state index contributed by atoms with van der Waals surface area (Å²) in [6.07, 6.45) is -1.69. The molecule has 0 aliphatic heterocycles. The van der Waals surface area contributed by atoms with Crippen molar-refractivity contribution in [3.8, 4) is 0 Å². The first-order valence-electron chi connectivity index (χ1n) is 5.61. The van der Waals surface area contributed by atoms with Gasteiger partial charge in [-0.1, -0.05) is 30.3 Å². The molecule has 1 unspecified atom stereocenters. The van der Waals surface area contributed by atoms with Crippen molar-refractivity contribution in [2.45, 2.75) is 23.9 Å². The lowest BCUT2D eigenvalue weighted by molar-refractivity contribution is -0.236. The lowest BCUT2D eigenvalue weighted by Gasteiger charge is -2.43. The molecule has 0 fully saturated rings. The highest BCUT2D eigenvalue weighted by Crippen LogP contribution is 2.57. The van der Waals surface area contributed by atoms with Crippen LogP contribution >= 0.6 is 0 Å². The molecule has 2 rings (SSSR count). The van der Waals surface area contributed by atoms with Crippen LogP contribution in [0, 0.1) is 0 Å². The van der Waals surface area contributed by atoms with Crippen molar-refractivity contribution < 1.29 is 31.1 Å². The highest BCUT2D eigenvalue weighted by atomic mass is 19.3. The van der Waals surface area contributed by atoms with Crippen molar-refractivity contribution in [2.75, 3.05) is 7.11 Å². The highest BCUT2D eigenvalue weighted by Gasteiger charge is 2.69. The predicted molar refractivity (Wildman–Crippen MR) is 58.9 cm³/mol. The lowest BCUT2D eigenvalue weighted by Crippen LogP contribution is -2.55. The van der Waals surface area contributed by atoms with Gasteiger partial charge in [-0.05, 0) is 5.56 Å². The second-order valence-corrected chi connectivity index (χ2v) is 4.48. The second-order valence-electron chi connectivity index (χ2n) is 4.48. The van der Waals surface area contributed by atoms with Crippen LogP contribution < -0.4 is 0 Å². The predicted octanol–water partition coefficient (Wildman–Crippen LogP) is 4.35. The molecular weight excluding hydrogens is 286 g/mol. The topological polar surface area (TPSA) is 9.23 Å². The van der Waals surface area contributed by atoms with Gasteiger partial charge in [0.25, 0.3) is 0 Å². The summed E-state index contributed by atoms with van der Waals surface area (Å²) in [6.45, 7) is 0. The Balaban J connectivity index is 2.71. The zero-order chi connectivity index (χ0) is 15.2. The average Bonchev–Trinajstić information content (AvgIpc) is 2.42. The smallest absolute Gasteiger partial charge is 0.334 e. The summed E-state index contributed by atoms with van der Waals surface area (Å²) in [6, 6.07) is 6.31. The standard InChI is InChI=1S/C13H10F6O/c1-20-11(8-5-3-2-4-6-8)7-12(16,17)9(14)10(15)13(11,18)19/h2-6H,7H2,1H3. The molecule has 0 heterocycles. The van der Waals surface area contributed by atoms with Crippen molar-refractivity contribution >= 4 is 0 Å². The molecule has 1 nitrogen and oxygen atoms in total. The van der Waals surface area contributed by atoms with Crippen LogP contribution in [0.15, 0.2) is 42.0 Å². The summed E-state index contributed by atoms with van der Waals surface area (Å²) >= 11 is 0. The Morgan fingerprint density at radius 1 is 0.950 bits per heavy atom. The molecule has 1 aliphatic rings. The Kier molecular flexibility index (Phi) is 3.36. The number of alkyl halides is 4. The fraction of sp³-hybridized carbons (Fsp3) is 0.385. The third-order valence-corrected chi connectivity index (χ3v) is 3.36. The van der Waals surface area contributed by atoms with Crippen molar-refractivity contribution in [3.05, 3.63) is 47.5 Å². The molecule has 20 heavy (non-hydrogen) atoms. The second kappa shape index (κ2) is 4.51. The van der Waals surface area contributed by atoms with Gasteiger partial charge in [0.05, 0.1) is 6.42 Å². The van der Waals surface area contributed by atoms with Crippen molar-refractivity contribution in [2.24, 2.45) is 0 Å². The quantitative estimate of drug-likeness (QED) is 0.737.